The first kappa shape index (κ1) is 21.4. The Morgan fingerprint density at radius 1 is 0.808 bits per heavy atom. The maximum Gasteiger partial charge on any atom is 0.222 e. The zero-order chi connectivity index (χ0) is 18.8. The van der Waals surface area contributed by atoms with E-state index in [4.69, 9.17) is 0 Å². The molecule has 0 unspecified atom stereocenters. The van der Waals surface area contributed by atoms with Crippen LogP contribution in [0.1, 0.15) is 90.9 Å². The lowest BCUT2D eigenvalue weighted by Gasteiger charge is -2.41. The number of hydrogen-bond acceptors (Lipinski definition) is 3. The largest absolute Gasteiger partial charge is 0.343 e. The smallest absolute Gasteiger partial charge is 0.222 e. The molecule has 0 aromatic rings. The maximum atomic E-state index is 12.4. The number of nitrogens with zero attached hydrogens (tertiary/aromatic N) is 2. The summed E-state index contributed by atoms with van der Waals surface area (Å²) in [6, 6.07) is 0.616. The summed E-state index contributed by atoms with van der Waals surface area (Å²) in [6.45, 7) is 8.19. The third-order valence-electron chi connectivity index (χ3n) is 6.41. The van der Waals surface area contributed by atoms with Crippen LogP contribution >= 0.6 is 0 Å². The van der Waals surface area contributed by atoms with Crippen LogP contribution < -0.4 is 0 Å². The first-order valence-electron chi connectivity index (χ1n) is 11.2. The molecule has 1 amide bonds. The fraction of sp³-hybridized carbons (Fsp3) is 0.909. The van der Waals surface area contributed by atoms with Gasteiger partial charge in [-0.1, -0.05) is 46.0 Å². The molecule has 0 bridgehead atoms. The lowest BCUT2D eigenvalue weighted by atomic mass is 9.89. The molecule has 0 radical (unpaired) electrons. The lowest BCUT2D eigenvalue weighted by Crippen LogP contribution is -2.49. The fourth-order valence-corrected chi connectivity index (χ4v) is 4.57. The van der Waals surface area contributed by atoms with Crippen molar-refractivity contribution in [3.8, 4) is 0 Å². The molecular weight excluding hydrogens is 324 g/mol. The number of amides is 1. The van der Waals surface area contributed by atoms with Gasteiger partial charge in [0.25, 0.3) is 0 Å². The number of hydrogen-bond donors (Lipinski definition) is 0. The molecule has 26 heavy (non-hydrogen) atoms. The van der Waals surface area contributed by atoms with E-state index in [1.807, 2.05) is 6.92 Å². The van der Waals surface area contributed by atoms with Gasteiger partial charge in [0.1, 0.15) is 5.78 Å². The van der Waals surface area contributed by atoms with E-state index in [1.54, 1.807) is 0 Å². The molecule has 4 nitrogen and oxygen atoms in total. The number of piperidine rings is 2. The molecule has 0 saturated carbocycles. The summed E-state index contributed by atoms with van der Waals surface area (Å²) in [4.78, 5) is 28.9. The molecule has 2 rings (SSSR count). The summed E-state index contributed by atoms with van der Waals surface area (Å²) in [5, 5.41) is 0. The summed E-state index contributed by atoms with van der Waals surface area (Å²) in [7, 11) is 0. The van der Waals surface area contributed by atoms with Crippen LogP contribution in [0.5, 0.6) is 0 Å². The highest BCUT2D eigenvalue weighted by molar-refractivity contribution is 5.80. The van der Waals surface area contributed by atoms with Crippen LogP contribution in [0.15, 0.2) is 0 Å². The average molecular weight is 365 g/mol. The highest BCUT2D eigenvalue weighted by atomic mass is 16.2. The Balaban J connectivity index is 1.60. The number of ketones is 1. The number of carbonyl (C=O) groups excluding carboxylic acids is 2. The molecule has 0 spiro atoms. The van der Waals surface area contributed by atoms with Crippen LogP contribution in [-0.4, -0.2) is 53.7 Å². The Morgan fingerprint density at radius 2 is 1.42 bits per heavy atom. The molecule has 2 aliphatic heterocycles. The van der Waals surface area contributed by atoms with E-state index in [0.29, 0.717) is 30.1 Å². The molecule has 2 aliphatic rings. The quantitative estimate of drug-likeness (QED) is 0.539. The second-order valence-corrected chi connectivity index (χ2v) is 8.26. The molecule has 0 aliphatic carbocycles. The topological polar surface area (TPSA) is 40.6 Å². The van der Waals surface area contributed by atoms with Crippen molar-refractivity contribution in [3.63, 3.8) is 0 Å². The van der Waals surface area contributed by atoms with Crippen LogP contribution in [0.2, 0.25) is 0 Å². The van der Waals surface area contributed by atoms with E-state index in [2.05, 4.69) is 16.7 Å². The minimum absolute atomic E-state index is 0.301. The maximum absolute atomic E-state index is 12.4. The molecule has 150 valence electrons. The highest BCUT2D eigenvalue weighted by Gasteiger charge is 2.30. The van der Waals surface area contributed by atoms with Crippen molar-refractivity contribution >= 4 is 11.7 Å². The van der Waals surface area contributed by atoms with Crippen molar-refractivity contribution in [3.05, 3.63) is 0 Å². The van der Waals surface area contributed by atoms with Gasteiger partial charge in [0, 0.05) is 37.9 Å². The normalized spacial score (nSPS) is 20.5. The van der Waals surface area contributed by atoms with E-state index >= 15 is 0 Å². The SMILES string of the molecule is CCCCCCCCC(=O)N1CCC(N2CCC(C(=O)CC)CC2)CC1. The molecule has 0 atom stereocenters. The van der Waals surface area contributed by atoms with Gasteiger partial charge >= 0.3 is 0 Å². The van der Waals surface area contributed by atoms with Gasteiger partial charge in [-0.05, 0) is 45.2 Å². The van der Waals surface area contributed by atoms with Gasteiger partial charge in [-0.2, -0.15) is 0 Å². The molecule has 2 heterocycles. The first-order valence-corrected chi connectivity index (χ1v) is 11.2. The van der Waals surface area contributed by atoms with Crippen molar-refractivity contribution < 1.29 is 9.59 Å². The predicted molar refractivity (Wildman–Crippen MR) is 107 cm³/mol. The standard InChI is InChI=1S/C22H40N2O2/c1-3-5-6-7-8-9-10-22(26)24-17-13-20(14-18-24)23-15-11-19(12-16-23)21(25)4-2/h19-20H,3-18H2,1-2H3. The lowest BCUT2D eigenvalue weighted by molar-refractivity contribution is -0.133. The van der Waals surface area contributed by atoms with Crippen molar-refractivity contribution in [1.29, 1.82) is 0 Å². The Labute approximate surface area is 160 Å². The summed E-state index contributed by atoms with van der Waals surface area (Å²) in [6.07, 6.45) is 13.2. The van der Waals surface area contributed by atoms with E-state index < -0.39 is 0 Å². The Kier molecular flexibility index (Phi) is 9.66. The monoisotopic (exact) mass is 364 g/mol. The second kappa shape index (κ2) is 11.7. The van der Waals surface area contributed by atoms with Gasteiger partial charge in [0.15, 0.2) is 0 Å². The van der Waals surface area contributed by atoms with Gasteiger partial charge in [-0.3, -0.25) is 9.59 Å². The van der Waals surface area contributed by atoms with E-state index in [1.165, 1.54) is 32.1 Å². The van der Waals surface area contributed by atoms with E-state index in [-0.39, 0.29) is 0 Å². The third-order valence-corrected chi connectivity index (χ3v) is 6.41. The van der Waals surface area contributed by atoms with Gasteiger partial charge < -0.3 is 9.80 Å². The number of Topliss-reactive ketones (excluding diaryl/α,β-unsaturated/α-hetero) is 1. The minimum atomic E-state index is 0.301. The number of carbonyl (C=O) groups is 2. The zero-order valence-electron chi connectivity index (χ0n) is 17.2. The molecular formula is C22H40N2O2. The van der Waals surface area contributed by atoms with Gasteiger partial charge in [-0.25, -0.2) is 0 Å². The Bertz CT molecular complexity index is 422. The zero-order valence-corrected chi connectivity index (χ0v) is 17.2. The Hall–Kier alpha value is -0.900. The van der Waals surface area contributed by atoms with Gasteiger partial charge in [0.2, 0.25) is 5.91 Å². The summed E-state index contributed by atoms with van der Waals surface area (Å²) >= 11 is 0. The summed E-state index contributed by atoms with van der Waals surface area (Å²) in [5.41, 5.74) is 0. The summed E-state index contributed by atoms with van der Waals surface area (Å²) < 4.78 is 0. The molecule has 0 aromatic heterocycles. The van der Waals surface area contributed by atoms with Crippen LogP contribution in [-0.2, 0) is 9.59 Å². The average Bonchev–Trinajstić information content (AvgIpc) is 2.70. The van der Waals surface area contributed by atoms with Crippen LogP contribution in [0.3, 0.4) is 0 Å². The number of likely N-dealkylation sites (tertiary alicyclic amines) is 2. The number of unbranched alkanes of at least 4 members (excludes halogenated alkanes) is 5. The molecule has 0 N–H and O–H groups in total. The van der Waals surface area contributed by atoms with Crippen molar-refractivity contribution in [2.45, 2.75) is 96.9 Å². The van der Waals surface area contributed by atoms with Crippen LogP contribution in [0.25, 0.3) is 0 Å². The fourth-order valence-electron chi connectivity index (χ4n) is 4.57. The third kappa shape index (κ3) is 6.68. The molecule has 0 aromatic carbocycles. The van der Waals surface area contributed by atoms with Gasteiger partial charge in [0.05, 0.1) is 0 Å². The van der Waals surface area contributed by atoms with Crippen LogP contribution in [0, 0.1) is 5.92 Å². The number of rotatable bonds is 10. The molecule has 4 heteroatoms. The van der Waals surface area contributed by atoms with Crippen molar-refractivity contribution in [2.24, 2.45) is 5.92 Å². The summed E-state index contributed by atoms with van der Waals surface area (Å²) in [5.74, 6) is 1.11. The second-order valence-electron chi connectivity index (χ2n) is 8.26. The van der Waals surface area contributed by atoms with Crippen molar-refractivity contribution in [2.75, 3.05) is 26.2 Å². The minimum Gasteiger partial charge on any atom is -0.343 e. The van der Waals surface area contributed by atoms with E-state index in [9.17, 15) is 9.59 Å². The van der Waals surface area contributed by atoms with Crippen molar-refractivity contribution in [1.82, 2.24) is 9.80 Å². The van der Waals surface area contributed by atoms with Crippen LogP contribution in [0.4, 0.5) is 0 Å². The first-order chi connectivity index (χ1) is 12.7. The predicted octanol–water partition coefficient (Wildman–Crippen LogP) is 4.42. The van der Waals surface area contributed by atoms with Gasteiger partial charge in [-0.15, -0.1) is 0 Å². The molecule has 2 fully saturated rings. The van der Waals surface area contributed by atoms with E-state index in [0.717, 1.165) is 64.7 Å². The molecule has 2 saturated heterocycles. The Morgan fingerprint density at radius 3 is 2.04 bits per heavy atom. The highest BCUT2D eigenvalue weighted by Crippen LogP contribution is 2.25.